The van der Waals surface area contributed by atoms with Gasteiger partial charge in [0.1, 0.15) is 11.4 Å². The van der Waals surface area contributed by atoms with E-state index in [9.17, 15) is 29.4 Å². The van der Waals surface area contributed by atoms with Crippen molar-refractivity contribution < 1.29 is 29.4 Å². The average molecular weight is 1420 g/mol. The third-order valence-electron chi connectivity index (χ3n) is 16.6. The van der Waals surface area contributed by atoms with E-state index < -0.39 is 35.0 Å². The van der Waals surface area contributed by atoms with Crippen LogP contribution in [0.3, 0.4) is 0 Å². The maximum atomic E-state index is 15.4. The molecule has 6 amide bonds. The number of amides is 6. The number of unbranched alkanes of at least 4 members (excludes halogenated alkanes) is 8. The molecule has 0 bridgehead atoms. The number of carbonyl (C=O) groups excluding carboxylic acids is 4. The number of rotatable bonds is 35. The molecule has 0 radical (unpaired) electrons. The maximum absolute atomic E-state index is 15.4. The van der Waals surface area contributed by atoms with Crippen LogP contribution in [0, 0.1) is 0 Å². The molecule has 8 aromatic rings. The zero-order chi connectivity index (χ0) is 70.1. The second-order valence-electron chi connectivity index (χ2n) is 23.8. The Kier molecular flexibility index (Phi) is 29.1. The molecular formula is C72H84Cl4N14O8. The summed E-state index contributed by atoms with van der Waals surface area (Å²) >= 11 is 25.1. The summed E-state index contributed by atoms with van der Waals surface area (Å²) in [6.45, 7) is 7.90. The standard InChI is InChI=1S/C72H84Cl4N14O8/c1-5-89-69(95)61(81-71(97)83-65-55(73)43-77-44-56(65)74)41-59(85-89)52-23-17-20-49(38-52)47-26-28-48(29-27-47)63(67(93)79-30-13-9-7-11-15-32-87(3)34-36-91)64(68(94)80-31-14-10-8-12-16-33-88(4)35-37-92)54-25-19-22-51(40-54)50-21-18-24-53(39-50)60-42-62(70(96)90(6-2)86-60)82-72(98)84-66-57(75)45-78-46-58(66)76/h17-29,38-46,63-64,91-92H,5-16,30-37H2,1-4H3,(H,79,93)(H,80,94)(H2,77,81,83,97)(H2,78,82,84,98). The Balaban J connectivity index is 1.12. The van der Waals surface area contributed by atoms with Crippen LogP contribution in [-0.4, -0.2) is 140 Å². The van der Waals surface area contributed by atoms with E-state index in [1.165, 1.54) is 46.3 Å². The number of anilines is 4. The van der Waals surface area contributed by atoms with Crippen molar-refractivity contribution in [2.24, 2.45) is 0 Å². The quantitative estimate of drug-likeness (QED) is 0.0172. The summed E-state index contributed by atoms with van der Waals surface area (Å²) in [6.07, 6.45) is 14.4. The van der Waals surface area contributed by atoms with Crippen molar-refractivity contribution in [1.82, 2.24) is 50.0 Å². The number of benzene rings is 4. The highest BCUT2D eigenvalue weighted by molar-refractivity contribution is 6.40. The van der Waals surface area contributed by atoms with Crippen molar-refractivity contribution in [2.75, 3.05) is 87.8 Å². The first-order valence-electron chi connectivity index (χ1n) is 32.9. The van der Waals surface area contributed by atoms with Gasteiger partial charge in [0.2, 0.25) is 11.8 Å². The van der Waals surface area contributed by atoms with E-state index in [0.717, 1.165) is 93.1 Å². The van der Waals surface area contributed by atoms with E-state index in [0.29, 0.717) is 66.2 Å². The maximum Gasteiger partial charge on any atom is 0.323 e. The van der Waals surface area contributed by atoms with Gasteiger partial charge in [0.05, 0.1) is 67.9 Å². The van der Waals surface area contributed by atoms with Crippen molar-refractivity contribution in [2.45, 2.75) is 103 Å². The molecule has 26 heteroatoms. The minimum absolute atomic E-state index is 0.0403. The second-order valence-corrected chi connectivity index (χ2v) is 25.4. The summed E-state index contributed by atoms with van der Waals surface area (Å²) in [4.78, 5) is 96.6. The van der Waals surface area contributed by atoms with Crippen LogP contribution in [0.25, 0.3) is 44.8 Å². The van der Waals surface area contributed by atoms with Crippen LogP contribution in [0.2, 0.25) is 20.1 Å². The number of likely N-dealkylation sites (N-methyl/N-ethyl adjacent to an activating group) is 2. The Hall–Kier alpha value is -8.58. The molecule has 0 aliphatic carbocycles. The zero-order valence-corrected chi connectivity index (χ0v) is 58.5. The van der Waals surface area contributed by atoms with Gasteiger partial charge in [-0.3, -0.25) is 29.1 Å². The average Bonchev–Trinajstić information content (AvgIpc) is 0.793. The van der Waals surface area contributed by atoms with E-state index >= 15 is 9.59 Å². The molecule has 0 saturated heterocycles. The van der Waals surface area contributed by atoms with Crippen LogP contribution >= 0.6 is 46.4 Å². The number of hydrogen-bond donors (Lipinski definition) is 8. The van der Waals surface area contributed by atoms with E-state index in [-0.39, 0.29) is 81.0 Å². The minimum Gasteiger partial charge on any atom is -0.395 e. The van der Waals surface area contributed by atoms with Crippen molar-refractivity contribution in [3.05, 3.63) is 186 Å². The molecule has 518 valence electrons. The fourth-order valence-electron chi connectivity index (χ4n) is 11.4. The molecule has 4 aromatic heterocycles. The minimum atomic E-state index is -1.04. The smallest absolute Gasteiger partial charge is 0.323 e. The number of aliphatic hydroxyl groups is 2. The Morgan fingerprint density at radius 3 is 1.26 bits per heavy atom. The summed E-state index contributed by atoms with van der Waals surface area (Å²) in [6, 6.07) is 31.7. The van der Waals surface area contributed by atoms with Crippen molar-refractivity contribution in [3.63, 3.8) is 0 Å². The van der Waals surface area contributed by atoms with E-state index in [4.69, 9.17) is 46.4 Å². The summed E-state index contributed by atoms with van der Waals surface area (Å²) in [5.41, 5.74) is 5.31. The predicted molar refractivity (Wildman–Crippen MR) is 391 cm³/mol. The number of nitrogens with one attached hydrogen (secondary N) is 6. The number of hydrogen-bond acceptors (Lipinski definition) is 14. The Morgan fingerprint density at radius 1 is 0.449 bits per heavy atom. The highest BCUT2D eigenvalue weighted by Crippen LogP contribution is 2.39. The van der Waals surface area contributed by atoms with Crippen molar-refractivity contribution >= 4 is 93.0 Å². The molecular weight excluding hydrogens is 1330 g/mol. The topological polar surface area (TPSA) is 283 Å². The normalized spacial score (nSPS) is 11.9. The van der Waals surface area contributed by atoms with Crippen LogP contribution in [0.1, 0.15) is 101 Å². The number of pyridine rings is 2. The SMILES string of the molecule is CCn1nc(-c2cccc(-c3ccc(C(C(=O)NCCCCCCCN(C)CCO)C(C(=O)NCCCCCCCN(C)CCO)c4cccc(-c5cccc(-c6cc(NC(=O)Nc7c(Cl)cncc7Cl)c(=O)n(CC)n6)c5)c4)cc3)c2)cc(NC(=O)Nc2c(Cl)cncc2Cl)c1=O. The molecule has 0 fully saturated rings. The zero-order valence-electron chi connectivity index (χ0n) is 55.4. The summed E-state index contributed by atoms with van der Waals surface area (Å²) in [5.74, 6) is -2.73. The number of carbonyl (C=O) groups is 4. The molecule has 2 unspecified atom stereocenters. The monoisotopic (exact) mass is 1410 g/mol. The van der Waals surface area contributed by atoms with Crippen molar-refractivity contribution in [3.8, 4) is 44.8 Å². The fourth-order valence-corrected chi connectivity index (χ4v) is 12.3. The Bertz CT molecular complexity index is 4100. The van der Waals surface area contributed by atoms with Gasteiger partial charge in [0.25, 0.3) is 11.1 Å². The van der Waals surface area contributed by atoms with Gasteiger partial charge < -0.3 is 51.9 Å². The van der Waals surface area contributed by atoms with Gasteiger partial charge >= 0.3 is 12.1 Å². The number of aliphatic hydroxyl groups excluding tert-OH is 2. The predicted octanol–water partition coefficient (Wildman–Crippen LogP) is 13.0. The number of urea groups is 2. The fraction of sp³-hybridized carbons (Fsp3) is 0.361. The molecule has 8 N–H and O–H groups in total. The van der Waals surface area contributed by atoms with E-state index in [1.54, 1.807) is 13.8 Å². The molecule has 4 heterocycles. The number of aromatic nitrogens is 6. The lowest BCUT2D eigenvalue weighted by molar-refractivity contribution is -0.129. The van der Waals surface area contributed by atoms with Gasteiger partial charge in [-0.05, 0) is 124 Å². The molecule has 0 saturated carbocycles. The van der Waals surface area contributed by atoms with Gasteiger partial charge in [0.15, 0.2) is 0 Å². The van der Waals surface area contributed by atoms with E-state index in [1.807, 2.05) is 111 Å². The molecule has 0 aliphatic heterocycles. The lowest BCUT2D eigenvalue weighted by Gasteiger charge is -2.27. The molecule has 8 rings (SSSR count). The molecule has 0 spiro atoms. The second kappa shape index (κ2) is 38.0. The largest absolute Gasteiger partial charge is 0.395 e. The third kappa shape index (κ3) is 21.2. The molecule has 22 nitrogen and oxygen atoms in total. The highest BCUT2D eigenvalue weighted by atomic mass is 35.5. The van der Waals surface area contributed by atoms with Crippen molar-refractivity contribution in [1.29, 1.82) is 0 Å². The number of halogens is 4. The molecule has 98 heavy (non-hydrogen) atoms. The van der Waals surface area contributed by atoms with Crippen LogP contribution in [0.15, 0.2) is 144 Å². The van der Waals surface area contributed by atoms with Crippen LogP contribution in [0.5, 0.6) is 0 Å². The van der Waals surface area contributed by atoms with Gasteiger partial charge in [-0.1, -0.05) is 170 Å². The summed E-state index contributed by atoms with van der Waals surface area (Å²) in [5, 5.41) is 45.4. The van der Waals surface area contributed by atoms with Crippen LogP contribution < -0.4 is 43.0 Å². The number of nitrogens with zero attached hydrogens (tertiary/aromatic N) is 8. The molecule has 4 aromatic carbocycles. The first-order valence-corrected chi connectivity index (χ1v) is 34.4. The van der Waals surface area contributed by atoms with Crippen LogP contribution in [-0.2, 0) is 22.7 Å². The first-order chi connectivity index (χ1) is 47.4. The first kappa shape index (κ1) is 75.2. The van der Waals surface area contributed by atoms with Gasteiger partial charge in [-0.2, -0.15) is 10.2 Å². The summed E-state index contributed by atoms with van der Waals surface area (Å²) in [7, 11) is 3.98. The van der Waals surface area contributed by atoms with Gasteiger partial charge in [-0.25, -0.2) is 19.0 Å². The Labute approximate surface area is 590 Å². The molecule has 2 atom stereocenters. The highest BCUT2D eigenvalue weighted by Gasteiger charge is 2.37. The van der Waals surface area contributed by atoms with Crippen LogP contribution in [0.4, 0.5) is 32.3 Å². The molecule has 0 aliphatic rings. The van der Waals surface area contributed by atoms with Gasteiger partial charge in [0, 0.05) is 75.2 Å². The summed E-state index contributed by atoms with van der Waals surface area (Å²) < 4.78 is 2.50. The lowest BCUT2D eigenvalue weighted by Crippen LogP contribution is -2.40. The number of aryl methyl sites for hydroxylation is 2. The van der Waals surface area contributed by atoms with E-state index in [2.05, 4.69) is 61.9 Å². The Morgan fingerprint density at radius 2 is 0.827 bits per heavy atom. The lowest BCUT2D eigenvalue weighted by atomic mass is 9.79. The third-order valence-corrected chi connectivity index (χ3v) is 17.8. The van der Waals surface area contributed by atoms with Gasteiger partial charge in [-0.15, -0.1) is 0 Å².